The molecule has 0 aliphatic carbocycles. The van der Waals surface area contributed by atoms with E-state index in [1.807, 2.05) is 26.0 Å². The van der Waals surface area contributed by atoms with Crippen molar-refractivity contribution >= 4 is 38.2 Å². The third-order valence-corrected chi connectivity index (χ3v) is 4.89. The number of ether oxygens (including phenoxy) is 1. The number of hydrogen-bond acceptors (Lipinski definition) is 3. The first-order chi connectivity index (χ1) is 11.2. The van der Waals surface area contributed by atoms with Gasteiger partial charge < -0.3 is 9.30 Å². The molecule has 0 saturated carbocycles. The summed E-state index contributed by atoms with van der Waals surface area (Å²) in [5.74, 6) is -0.0916. The fraction of sp³-hybridized carbons (Fsp3) is 0.333. The minimum atomic E-state index is -0.0916. The van der Waals surface area contributed by atoms with Crippen molar-refractivity contribution in [2.75, 3.05) is 13.2 Å². The maximum absolute atomic E-state index is 11.8. The molecule has 0 bridgehead atoms. The first-order valence-electron chi connectivity index (χ1n) is 7.91. The van der Waals surface area contributed by atoms with Gasteiger partial charge in [-0.05, 0) is 18.4 Å². The minimum absolute atomic E-state index is 0.0916. The number of thiazole rings is 1. The van der Waals surface area contributed by atoms with E-state index in [1.165, 1.54) is 15.5 Å². The van der Waals surface area contributed by atoms with Crippen LogP contribution in [0.25, 0.3) is 21.0 Å². The summed E-state index contributed by atoms with van der Waals surface area (Å²) in [5.41, 5.74) is 1.11. The zero-order valence-corrected chi connectivity index (χ0v) is 14.2. The average Bonchev–Trinajstić information content (AvgIpc) is 2.93. The van der Waals surface area contributed by atoms with Gasteiger partial charge in [-0.15, -0.1) is 0 Å². The predicted molar refractivity (Wildman–Crippen MR) is 94.7 cm³/mol. The van der Waals surface area contributed by atoms with Gasteiger partial charge in [0.1, 0.15) is 0 Å². The number of hydrogen-bond donors (Lipinski definition) is 0. The van der Waals surface area contributed by atoms with Crippen molar-refractivity contribution in [3.63, 3.8) is 0 Å². The highest BCUT2D eigenvalue weighted by Crippen LogP contribution is 2.27. The van der Waals surface area contributed by atoms with Crippen LogP contribution in [0.4, 0.5) is 0 Å². The maximum Gasteiger partial charge on any atom is 0.248 e. The molecule has 1 heterocycles. The van der Waals surface area contributed by atoms with Gasteiger partial charge >= 0.3 is 0 Å². The highest BCUT2D eigenvalue weighted by atomic mass is 32.1. The van der Waals surface area contributed by atoms with Gasteiger partial charge in [-0.2, -0.15) is 4.99 Å². The van der Waals surface area contributed by atoms with Crippen LogP contribution in [-0.4, -0.2) is 23.7 Å². The van der Waals surface area contributed by atoms with Crippen LogP contribution < -0.4 is 4.80 Å². The molecular weight excluding hydrogens is 308 g/mol. The van der Waals surface area contributed by atoms with E-state index in [0.29, 0.717) is 26.2 Å². The number of amides is 1. The Morgan fingerprint density at radius 1 is 1.22 bits per heavy atom. The van der Waals surface area contributed by atoms with Crippen molar-refractivity contribution < 1.29 is 9.53 Å². The largest absolute Gasteiger partial charge is 0.380 e. The molecule has 2 aromatic carbocycles. The second-order valence-electron chi connectivity index (χ2n) is 5.23. The van der Waals surface area contributed by atoms with Crippen LogP contribution in [0.5, 0.6) is 0 Å². The SMILES string of the molecule is CCOCCn1c(=NC(=O)CC)sc2c3ccccc3ccc21. The van der Waals surface area contributed by atoms with E-state index in [9.17, 15) is 4.79 Å². The second kappa shape index (κ2) is 7.06. The minimum Gasteiger partial charge on any atom is -0.380 e. The number of rotatable bonds is 5. The topological polar surface area (TPSA) is 43.6 Å². The number of aromatic nitrogens is 1. The van der Waals surface area contributed by atoms with Crippen molar-refractivity contribution in [2.24, 2.45) is 4.99 Å². The molecular formula is C18H20N2O2S. The lowest BCUT2D eigenvalue weighted by Gasteiger charge is -2.06. The van der Waals surface area contributed by atoms with Crippen molar-refractivity contribution in [1.82, 2.24) is 4.57 Å². The van der Waals surface area contributed by atoms with E-state index in [-0.39, 0.29) is 5.91 Å². The lowest BCUT2D eigenvalue weighted by Crippen LogP contribution is -2.19. The molecule has 0 spiro atoms. The Balaban J connectivity index is 2.23. The van der Waals surface area contributed by atoms with Gasteiger partial charge in [-0.3, -0.25) is 4.79 Å². The molecule has 4 nitrogen and oxygen atoms in total. The van der Waals surface area contributed by atoms with Gasteiger partial charge in [-0.1, -0.05) is 48.6 Å². The predicted octanol–water partition coefficient (Wildman–Crippen LogP) is 3.73. The Kier molecular flexibility index (Phi) is 4.88. The molecule has 1 amide bonds. The standard InChI is InChI=1S/C18H20N2O2S/c1-3-16(21)19-18-20(11-12-22-4-2)15-10-9-13-7-5-6-8-14(13)17(15)23-18/h5-10H,3-4,11-12H2,1-2H3. The molecule has 120 valence electrons. The van der Waals surface area contributed by atoms with Crippen LogP contribution in [0.1, 0.15) is 20.3 Å². The summed E-state index contributed by atoms with van der Waals surface area (Å²) in [6.45, 7) is 5.81. The lowest BCUT2D eigenvalue weighted by atomic mass is 10.1. The fourth-order valence-electron chi connectivity index (χ4n) is 2.59. The molecule has 5 heteroatoms. The summed E-state index contributed by atoms with van der Waals surface area (Å²) < 4.78 is 8.75. The highest BCUT2D eigenvalue weighted by Gasteiger charge is 2.10. The van der Waals surface area contributed by atoms with Gasteiger partial charge in [0.05, 0.1) is 16.8 Å². The summed E-state index contributed by atoms with van der Waals surface area (Å²) in [4.78, 5) is 16.8. The Hall–Kier alpha value is -1.98. The third-order valence-electron chi connectivity index (χ3n) is 3.76. The molecule has 0 N–H and O–H groups in total. The molecule has 3 rings (SSSR count). The molecule has 0 atom stereocenters. The molecule has 0 aliphatic heterocycles. The second-order valence-corrected chi connectivity index (χ2v) is 6.20. The summed E-state index contributed by atoms with van der Waals surface area (Å²) in [6, 6.07) is 12.5. The van der Waals surface area contributed by atoms with E-state index in [2.05, 4.69) is 33.8 Å². The quantitative estimate of drug-likeness (QED) is 0.670. The van der Waals surface area contributed by atoms with Crippen molar-refractivity contribution in [3.05, 3.63) is 41.2 Å². The van der Waals surface area contributed by atoms with Crippen LogP contribution in [0.3, 0.4) is 0 Å². The van der Waals surface area contributed by atoms with E-state index in [1.54, 1.807) is 11.3 Å². The molecule has 0 fully saturated rings. The average molecular weight is 328 g/mol. The third kappa shape index (κ3) is 3.21. The van der Waals surface area contributed by atoms with E-state index < -0.39 is 0 Å². The Bertz CT molecular complexity index is 908. The van der Waals surface area contributed by atoms with Crippen LogP contribution in [0.2, 0.25) is 0 Å². The number of carbonyl (C=O) groups is 1. The van der Waals surface area contributed by atoms with Gasteiger partial charge in [0.2, 0.25) is 5.91 Å². The zero-order valence-electron chi connectivity index (χ0n) is 13.4. The summed E-state index contributed by atoms with van der Waals surface area (Å²) in [6.07, 6.45) is 0.417. The lowest BCUT2D eigenvalue weighted by molar-refractivity contribution is -0.117. The number of carbonyl (C=O) groups excluding carboxylic acids is 1. The van der Waals surface area contributed by atoms with E-state index >= 15 is 0 Å². The van der Waals surface area contributed by atoms with Crippen LogP contribution in [-0.2, 0) is 16.1 Å². The highest BCUT2D eigenvalue weighted by molar-refractivity contribution is 7.17. The number of fused-ring (bicyclic) bond motifs is 3. The first kappa shape index (κ1) is 15.9. The van der Waals surface area contributed by atoms with Gasteiger partial charge in [0.15, 0.2) is 4.80 Å². The van der Waals surface area contributed by atoms with E-state index in [4.69, 9.17) is 4.74 Å². The Labute approximate surface area is 139 Å². The fourth-order valence-corrected chi connectivity index (χ4v) is 3.79. The zero-order chi connectivity index (χ0) is 16.2. The van der Waals surface area contributed by atoms with Gasteiger partial charge in [0, 0.05) is 25.0 Å². The normalized spacial score (nSPS) is 12.3. The van der Waals surface area contributed by atoms with Crippen molar-refractivity contribution in [2.45, 2.75) is 26.8 Å². The summed E-state index contributed by atoms with van der Waals surface area (Å²) in [7, 11) is 0. The van der Waals surface area contributed by atoms with Crippen LogP contribution >= 0.6 is 11.3 Å². The molecule has 1 aromatic heterocycles. The van der Waals surface area contributed by atoms with Gasteiger partial charge in [0.25, 0.3) is 0 Å². The van der Waals surface area contributed by atoms with Gasteiger partial charge in [-0.25, -0.2) is 0 Å². The molecule has 0 radical (unpaired) electrons. The monoisotopic (exact) mass is 328 g/mol. The van der Waals surface area contributed by atoms with E-state index in [0.717, 1.165) is 10.3 Å². The van der Waals surface area contributed by atoms with Crippen molar-refractivity contribution in [3.8, 4) is 0 Å². The van der Waals surface area contributed by atoms with Crippen LogP contribution in [0, 0.1) is 0 Å². The Morgan fingerprint density at radius 2 is 2.04 bits per heavy atom. The van der Waals surface area contributed by atoms with Crippen molar-refractivity contribution in [1.29, 1.82) is 0 Å². The molecule has 0 aliphatic rings. The first-order valence-corrected chi connectivity index (χ1v) is 8.72. The summed E-state index contributed by atoms with van der Waals surface area (Å²) in [5, 5.41) is 2.40. The number of benzene rings is 2. The molecule has 0 unspecified atom stereocenters. The molecule has 3 aromatic rings. The van der Waals surface area contributed by atoms with Crippen LogP contribution in [0.15, 0.2) is 41.4 Å². The number of nitrogens with zero attached hydrogens (tertiary/aromatic N) is 2. The maximum atomic E-state index is 11.8. The molecule has 23 heavy (non-hydrogen) atoms. The smallest absolute Gasteiger partial charge is 0.248 e. The molecule has 0 saturated heterocycles. The summed E-state index contributed by atoms with van der Waals surface area (Å²) >= 11 is 1.58. The Morgan fingerprint density at radius 3 is 2.83 bits per heavy atom.